The van der Waals surface area contributed by atoms with E-state index in [1.165, 1.54) is 44.9 Å². The number of unbranched alkanes of at least 4 members (excludes halogenated alkanes) is 6. The van der Waals surface area contributed by atoms with Gasteiger partial charge in [0.15, 0.2) is 0 Å². The van der Waals surface area contributed by atoms with Crippen LogP contribution in [0.15, 0.2) is 24.5 Å². The van der Waals surface area contributed by atoms with Crippen molar-refractivity contribution in [3.05, 3.63) is 24.5 Å². The van der Waals surface area contributed by atoms with Crippen LogP contribution in [0.1, 0.15) is 71.6 Å². The van der Waals surface area contributed by atoms with Gasteiger partial charge in [0, 0.05) is 6.42 Å². The molecule has 0 aromatic carbocycles. The van der Waals surface area contributed by atoms with Crippen LogP contribution in [-0.4, -0.2) is 12.1 Å². The Kier molecular flexibility index (Phi) is 17.7. The first-order valence-electron chi connectivity index (χ1n) is 7.27. The molecule has 0 spiro atoms. The molecule has 2 heteroatoms. The van der Waals surface area contributed by atoms with Crippen molar-refractivity contribution >= 4 is 0 Å². The molecule has 108 valence electrons. The average Bonchev–Trinajstić information content (AvgIpc) is 2.34. The van der Waals surface area contributed by atoms with Crippen molar-refractivity contribution in [2.75, 3.05) is 6.61 Å². The predicted molar refractivity (Wildman–Crippen MR) is 80.7 cm³/mol. The first kappa shape index (κ1) is 19.6. The number of rotatable bonds is 12. The minimum Gasteiger partial charge on any atom is -0.494 e. The van der Waals surface area contributed by atoms with Gasteiger partial charge in [0.05, 0.1) is 5.76 Å². The lowest BCUT2D eigenvalue weighted by molar-refractivity contribution is 0.232. The minimum atomic E-state index is 0. The van der Waals surface area contributed by atoms with Crippen LogP contribution in [0, 0.1) is 0 Å². The van der Waals surface area contributed by atoms with Gasteiger partial charge in [0.2, 0.25) is 0 Å². The van der Waals surface area contributed by atoms with Crippen LogP contribution in [0.2, 0.25) is 0 Å². The Labute approximate surface area is 113 Å². The van der Waals surface area contributed by atoms with E-state index < -0.39 is 0 Å². The summed E-state index contributed by atoms with van der Waals surface area (Å²) in [7, 11) is 0. The highest BCUT2D eigenvalue weighted by Crippen LogP contribution is 2.13. The molecule has 0 radical (unpaired) electrons. The van der Waals surface area contributed by atoms with Crippen LogP contribution in [0.4, 0.5) is 0 Å². The molecule has 0 heterocycles. The zero-order chi connectivity index (χ0) is 12.8. The Morgan fingerprint density at radius 3 is 2.17 bits per heavy atom. The van der Waals surface area contributed by atoms with Crippen molar-refractivity contribution < 1.29 is 10.2 Å². The molecular formula is C16H32O2. The fourth-order valence-corrected chi connectivity index (χ4v) is 1.88. The lowest BCUT2D eigenvalue weighted by atomic mass is 10.1. The quantitative estimate of drug-likeness (QED) is 0.281. The summed E-state index contributed by atoms with van der Waals surface area (Å²) in [6.45, 7) is 8.74. The summed E-state index contributed by atoms with van der Waals surface area (Å²) in [5.74, 6) is 1.15. The summed E-state index contributed by atoms with van der Waals surface area (Å²) >= 11 is 0. The summed E-state index contributed by atoms with van der Waals surface area (Å²) in [6.07, 6.45) is 15.7. The second kappa shape index (κ2) is 16.2. The molecule has 0 atom stereocenters. The molecule has 18 heavy (non-hydrogen) atoms. The van der Waals surface area contributed by atoms with E-state index in [-0.39, 0.29) is 5.48 Å². The van der Waals surface area contributed by atoms with Gasteiger partial charge in [0.1, 0.15) is 6.61 Å². The van der Waals surface area contributed by atoms with E-state index in [1.54, 1.807) is 0 Å². The number of allylic oxidation sites excluding steroid dienone is 2. The van der Waals surface area contributed by atoms with E-state index in [0.29, 0.717) is 6.61 Å². The minimum absolute atomic E-state index is 0. The van der Waals surface area contributed by atoms with Crippen LogP contribution < -0.4 is 0 Å². The van der Waals surface area contributed by atoms with Gasteiger partial charge >= 0.3 is 0 Å². The molecule has 0 aliphatic heterocycles. The maximum atomic E-state index is 5.62. The largest absolute Gasteiger partial charge is 0.494 e. The molecule has 0 saturated carbocycles. The molecule has 0 bridgehead atoms. The molecule has 0 amide bonds. The molecule has 2 nitrogen and oxygen atoms in total. The van der Waals surface area contributed by atoms with Crippen molar-refractivity contribution in [2.24, 2.45) is 0 Å². The Bertz CT molecular complexity index is 197. The van der Waals surface area contributed by atoms with Crippen LogP contribution >= 0.6 is 0 Å². The van der Waals surface area contributed by atoms with Crippen LogP contribution in [0.5, 0.6) is 0 Å². The summed E-state index contributed by atoms with van der Waals surface area (Å²) in [6, 6.07) is 0. The van der Waals surface area contributed by atoms with Gasteiger partial charge in [-0.05, 0) is 18.9 Å². The normalized spacial score (nSPS) is 10.9. The van der Waals surface area contributed by atoms with Crippen molar-refractivity contribution in [3.8, 4) is 0 Å². The van der Waals surface area contributed by atoms with Crippen molar-refractivity contribution in [3.63, 3.8) is 0 Å². The van der Waals surface area contributed by atoms with E-state index >= 15 is 0 Å². The highest BCUT2D eigenvalue weighted by molar-refractivity contribution is 4.93. The smallest absolute Gasteiger partial charge is 0.106 e. The first-order valence-corrected chi connectivity index (χ1v) is 7.27. The van der Waals surface area contributed by atoms with Crippen LogP contribution in [0.25, 0.3) is 0 Å². The van der Waals surface area contributed by atoms with Crippen molar-refractivity contribution in [1.29, 1.82) is 0 Å². The van der Waals surface area contributed by atoms with Gasteiger partial charge in [-0.15, -0.1) is 0 Å². The third-order valence-corrected chi connectivity index (χ3v) is 2.85. The van der Waals surface area contributed by atoms with Gasteiger partial charge in [-0.25, -0.2) is 0 Å². The monoisotopic (exact) mass is 256 g/mol. The maximum absolute atomic E-state index is 5.62. The summed E-state index contributed by atoms with van der Waals surface area (Å²) in [4.78, 5) is 0. The zero-order valence-electron chi connectivity index (χ0n) is 12.3. The maximum Gasteiger partial charge on any atom is 0.106 e. The Morgan fingerprint density at radius 1 is 1.00 bits per heavy atom. The third kappa shape index (κ3) is 13.3. The average molecular weight is 256 g/mol. The molecule has 0 aromatic rings. The van der Waals surface area contributed by atoms with E-state index in [0.717, 1.165) is 18.6 Å². The predicted octanol–water partition coefficient (Wildman–Crippen LogP) is 4.80. The Morgan fingerprint density at radius 2 is 1.61 bits per heavy atom. The second-order valence-electron chi connectivity index (χ2n) is 4.55. The Hall–Kier alpha value is -0.760. The lowest BCUT2D eigenvalue weighted by Gasteiger charge is -2.08. The standard InChI is InChI=1S/C16H30O.H2O/c1-4-7-8-9-10-11-12-14-16(13-5-2)17-15-6-3;/h6,13H,3-5,7-12,14-15H2,1-2H3;1H2. The molecule has 0 rings (SSSR count). The van der Waals surface area contributed by atoms with E-state index in [4.69, 9.17) is 4.74 Å². The SMILES string of the molecule is C=CCOC(=CCC)CCCCCCCCC.O. The van der Waals surface area contributed by atoms with Crippen molar-refractivity contribution in [2.45, 2.75) is 71.6 Å². The highest BCUT2D eigenvalue weighted by Gasteiger charge is 1.97. The molecule has 0 saturated heterocycles. The Balaban J connectivity index is 0. The second-order valence-corrected chi connectivity index (χ2v) is 4.55. The fourth-order valence-electron chi connectivity index (χ4n) is 1.88. The number of hydrogen-bond donors (Lipinski definition) is 0. The highest BCUT2D eigenvalue weighted by atomic mass is 16.5. The van der Waals surface area contributed by atoms with E-state index in [2.05, 4.69) is 26.5 Å². The van der Waals surface area contributed by atoms with Gasteiger partial charge in [0.25, 0.3) is 0 Å². The molecule has 0 aromatic heterocycles. The lowest BCUT2D eigenvalue weighted by Crippen LogP contribution is -1.93. The molecule has 0 aliphatic carbocycles. The van der Waals surface area contributed by atoms with Gasteiger partial charge < -0.3 is 10.2 Å². The van der Waals surface area contributed by atoms with Crippen molar-refractivity contribution in [1.82, 2.24) is 0 Å². The zero-order valence-corrected chi connectivity index (χ0v) is 12.3. The molecule has 0 aliphatic rings. The van der Waals surface area contributed by atoms with Gasteiger partial charge in [-0.2, -0.15) is 0 Å². The molecule has 2 N–H and O–H groups in total. The fraction of sp³-hybridized carbons (Fsp3) is 0.750. The topological polar surface area (TPSA) is 40.7 Å². The van der Waals surface area contributed by atoms with Crippen LogP contribution in [0.3, 0.4) is 0 Å². The van der Waals surface area contributed by atoms with E-state index in [9.17, 15) is 0 Å². The van der Waals surface area contributed by atoms with Crippen LogP contribution in [-0.2, 0) is 4.74 Å². The number of ether oxygens (including phenoxy) is 1. The molecule has 0 fully saturated rings. The van der Waals surface area contributed by atoms with E-state index in [1.807, 2.05) is 6.08 Å². The summed E-state index contributed by atoms with van der Waals surface area (Å²) in [5, 5.41) is 0. The summed E-state index contributed by atoms with van der Waals surface area (Å²) in [5.41, 5.74) is 0. The van der Waals surface area contributed by atoms with Gasteiger partial charge in [-0.1, -0.05) is 65.0 Å². The number of hydrogen-bond acceptors (Lipinski definition) is 1. The molecular weight excluding hydrogens is 224 g/mol. The van der Waals surface area contributed by atoms with Gasteiger partial charge in [-0.3, -0.25) is 0 Å². The third-order valence-electron chi connectivity index (χ3n) is 2.85. The summed E-state index contributed by atoms with van der Waals surface area (Å²) < 4.78 is 5.62. The first-order chi connectivity index (χ1) is 8.35. The molecule has 0 unspecified atom stereocenters.